The van der Waals surface area contributed by atoms with Crippen molar-refractivity contribution in [3.8, 4) is 11.4 Å². The molecule has 0 bridgehead atoms. The molecule has 148 valence electrons. The summed E-state index contributed by atoms with van der Waals surface area (Å²) in [6, 6.07) is 9.85. The summed E-state index contributed by atoms with van der Waals surface area (Å²) in [7, 11) is 4.17. The fourth-order valence-corrected chi connectivity index (χ4v) is 3.95. The van der Waals surface area contributed by atoms with Crippen LogP contribution in [0.3, 0.4) is 0 Å². The molecular weight excluding hydrogens is 354 g/mol. The monoisotopic (exact) mass is 381 g/mol. The molecular formula is C21H27N5O2. The molecule has 1 fully saturated rings. The maximum absolute atomic E-state index is 12.5. The normalized spacial score (nSPS) is 19.9. The number of anilines is 1. The summed E-state index contributed by atoms with van der Waals surface area (Å²) in [6.45, 7) is 4.61. The van der Waals surface area contributed by atoms with Crippen molar-refractivity contribution in [3.63, 3.8) is 0 Å². The van der Waals surface area contributed by atoms with Gasteiger partial charge in [-0.05, 0) is 20.5 Å². The lowest BCUT2D eigenvalue weighted by atomic mass is 10.0. The van der Waals surface area contributed by atoms with Gasteiger partial charge in [-0.25, -0.2) is 9.97 Å². The van der Waals surface area contributed by atoms with E-state index in [0.29, 0.717) is 30.6 Å². The van der Waals surface area contributed by atoms with Crippen LogP contribution in [-0.2, 0) is 11.2 Å². The molecule has 1 aromatic heterocycles. The number of nitrogens with one attached hydrogen (secondary N) is 1. The molecule has 2 aliphatic heterocycles. The second-order valence-electron chi connectivity index (χ2n) is 7.72. The van der Waals surface area contributed by atoms with Crippen LogP contribution < -0.4 is 10.2 Å². The molecule has 0 aliphatic carbocycles. The van der Waals surface area contributed by atoms with Gasteiger partial charge in [0.2, 0.25) is 0 Å². The third kappa shape index (κ3) is 4.00. The smallest absolute Gasteiger partial charge is 0.270 e. The molecule has 1 aromatic carbocycles. The summed E-state index contributed by atoms with van der Waals surface area (Å²) < 4.78 is 5.85. The van der Waals surface area contributed by atoms with Crippen LogP contribution in [0.25, 0.3) is 11.4 Å². The van der Waals surface area contributed by atoms with Gasteiger partial charge in [0.25, 0.3) is 5.91 Å². The van der Waals surface area contributed by atoms with Crippen LogP contribution in [0.4, 0.5) is 5.82 Å². The Labute approximate surface area is 165 Å². The first-order valence-electron chi connectivity index (χ1n) is 9.84. The van der Waals surface area contributed by atoms with Crippen LogP contribution in [0.2, 0.25) is 0 Å². The number of nitrogens with zero attached hydrogens (tertiary/aromatic N) is 4. The van der Waals surface area contributed by atoms with E-state index >= 15 is 0 Å². The summed E-state index contributed by atoms with van der Waals surface area (Å²) in [5.41, 5.74) is 2.37. The fraction of sp³-hybridized carbons (Fsp3) is 0.476. The summed E-state index contributed by atoms with van der Waals surface area (Å²) >= 11 is 0. The van der Waals surface area contributed by atoms with Crippen molar-refractivity contribution in [3.05, 3.63) is 41.6 Å². The molecule has 1 N–H and O–H groups in total. The fourth-order valence-electron chi connectivity index (χ4n) is 3.95. The van der Waals surface area contributed by atoms with E-state index in [-0.39, 0.29) is 5.91 Å². The van der Waals surface area contributed by atoms with Gasteiger partial charge in [-0.15, -0.1) is 0 Å². The van der Waals surface area contributed by atoms with Crippen molar-refractivity contribution < 1.29 is 9.53 Å². The van der Waals surface area contributed by atoms with Gasteiger partial charge >= 0.3 is 0 Å². The highest BCUT2D eigenvalue weighted by Gasteiger charge is 2.29. The minimum atomic E-state index is -0.113. The van der Waals surface area contributed by atoms with Gasteiger partial charge in [-0.2, -0.15) is 0 Å². The Balaban J connectivity index is 1.76. The van der Waals surface area contributed by atoms with E-state index < -0.39 is 0 Å². The van der Waals surface area contributed by atoms with E-state index in [9.17, 15) is 4.79 Å². The minimum absolute atomic E-state index is 0.113. The molecule has 28 heavy (non-hydrogen) atoms. The molecule has 0 radical (unpaired) electrons. The second-order valence-corrected chi connectivity index (χ2v) is 7.72. The minimum Gasteiger partial charge on any atom is -0.379 e. The number of hydrogen-bond donors (Lipinski definition) is 1. The summed E-state index contributed by atoms with van der Waals surface area (Å²) in [4.78, 5) is 26.6. The summed E-state index contributed by atoms with van der Waals surface area (Å²) in [6.07, 6.45) is 0.751. The van der Waals surface area contributed by atoms with Crippen molar-refractivity contribution in [2.45, 2.75) is 6.42 Å². The molecule has 1 amide bonds. The molecule has 0 spiro atoms. The SMILES string of the molecule is CN(C)CC1COCCN(c2nc(-c3ccccc3)nc3c2CCNC3=O)C1. The number of fused-ring (bicyclic) bond motifs is 1. The maximum Gasteiger partial charge on any atom is 0.270 e. The summed E-state index contributed by atoms with van der Waals surface area (Å²) in [5.74, 6) is 1.76. The highest BCUT2D eigenvalue weighted by atomic mass is 16.5. The number of amides is 1. The predicted molar refractivity (Wildman–Crippen MR) is 109 cm³/mol. The molecule has 2 aliphatic rings. The van der Waals surface area contributed by atoms with E-state index in [0.717, 1.165) is 49.6 Å². The summed E-state index contributed by atoms with van der Waals surface area (Å²) in [5, 5.41) is 2.92. The number of ether oxygens (including phenoxy) is 1. The van der Waals surface area contributed by atoms with Crippen molar-refractivity contribution in [1.82, 2.24) is 20.2 Å². The standard InChI is InChI=1S/C21H27N5O2/c1-25(2)12-15-13-26(10-11-28-14-15)20-17-8-9-22-21(27)18(17)23-19(24-20)16-6-4-3-5-7-16/h3-7,15H,8-14H2,1-2H3,(H,22,27). The first-order valence-corrected chi connectivity index (χ1v) is 9.84. The maximum atomic E-state index is 12.5. The third-order valence-electron chi connectivity index (χ3n) is 5.15. The molecule has 2 aromatic rings. The van der Waals surface area contributed by atoms with E-state index in [1.54, 1.807) is 0 Å². The van der Waals surface area contributed by atoms with Crippen molar-refractivity contribution in [2.75, 3.05) is 58.4 Å². The lowest BCUT2D eigenvalue weighted by molar-refractivity contribution is 0.0940. The zero-order valence-electron chi connectivity index (χ0n) is 16.5. The number of carbonyl (C=O) groups is 1. The van der Waals surface area contributed by atoms with Gasteiger partial charge in [0.05, 0.1) is 13.2 Å². The van der Waals surface area contributed by atoms with Crippen molar-refractivity contribution in [1.29, 1.82) is 0 Å². The Morgan fingerprint density at radius 3 is 2.86 bits per heavy atom. The average Bonchev–Trinajstić information content (AvgIpc) is 2.93. The lowest BCUT2D eigenvalue weighted by Crippen LogP contribution is -2.39. The average molecular weight is 381 g/mol. The number of benzene rings is 1. The van der Waals surface area contributed by atoms with Gasteiger partial charge in [0.1, 0.15) is 11.5 Å². The number of hydrogen-bond acceptors (Lipinski definition) is 6. The molecule has 4 rings (SSSR count). The van der Waals surface area contributed by atoms with Crippen LogP contribution in [0.5, 0.6) is 0 Å². The van der Waals surface area contributed by atoms with Crippen molar-refractivity contribution in [2.24, 2.45) is 5.92 Å². The van der Waals surface area contributed by atoms with E-state index in [4.69, 9.17) is 9.72 Å². The Morgan fingerprint density at radius 1 is 1.25 bits per heavy atom. The zero-order chi connectivity index (χ0) is 19.5. The predicted octanol–water partition coefficient (Wildman–Crippen LogP) is 1.44. The Kier molecular flexibility index (Phi) is 5.54. The molecule has 7 heteroatoms. The first-order chi connectivity index (χ1) is 13.6. The molecule has 7 nitrogen and oxygen atoms in total. The largest absolute Gasteiger partial charge is 0.379 e. The number of aromatic nitrogens is 2. The second kappa shape index (κ2) is 8.24. The van der Waals surface area contributed by atoms with E-state index in [2.05, 4.69) is 34.2 Å². The lowest BCUT2D eigenvalue weighted by Gasteiger charge is -2.30. The first kappa shape index (κ1) is 18.8. The van der Waals surface area contributed by atoms with Gasteiger partial charge < -0.3 is 19.9 Å². The molecule has 0 saturated carbocycles. The molecule has 1 unspecified atom stereocenters. The highest BCUT2D eigenvalue weighted by molar-refractivity contribution is 5.96. The van der Waals surface area contributed by atoms with Crippen LogP contribution in [0, 0.1) is 5.92 Å². The van der Waals surface area contributed by atoms with Crippen LogP contribution in [0.1, 0.15) is 16.1 Å². The van der Waals surface area contributed by atoms with Crippen LogP contribution in [-0.4, -0.2) is 74.3 Å². The Morgan fingerprint density at radius 2 is 2.07 bits per heavy atom. The topological polar surface area (TPSA) is 70.6 Å². The van der Waals surface area contributed by atoms with Gasteiger partial charge in [-0.3, -0.25) is 4.79 Å². The zero-order valence-corrected chi connectivity index (χ0v) is 16.5. The highest BCUT2D eigenvalue weighted by Crippen LogP contribution is 2.28. The Hall–Kier alpha value is -2.51. The molecule has 1 saturated heterocycles. The van der Waals surface area contributed by atoms with Gasteiger partial charge in [0.15, 0.2) is 5.82 Å². The molecule has 1 atom stereocenters. The van der Waals surface area contributed by atoms with E-state index in [1.165, 1.54) is 0 Å². The van der Waals surface area contributed by atoms with Gasteiger partial charge in [0, 0.05) is 43.2 Å². The van der Waals surface area contributed by atoms with Crippen LogP contribution in [0.15, 0.2) is 30.3 Å². The van der Waals surface area contributed by atoms with E-state index in [1.807, 2.05) is 30.3 Å². The van der Waals surface area contributed by atoms with Crippen molar-refractivity contribution >= 4 is 11.7 Å². The van der Waals surface area contributed by atoms with Crippen LogP contribution >= 0.6 is 0 Å². The number of carbonyl (C=O) groups excluding carboxylic acids is 1. The number of rotatable bonds is 4. The van der Waals surface area contributed by atoms with Gasteiger partial charge in [-0.1, -0.05) is 30.3 Å². The third-order valence-corrected chi connectivity index (χ3v) is 5.15. The quantitative estimate of drug-likeness (QED) is 0.864. The Bertz CT molecular complexity index is 840. The molecule has 3 heterocycles.